The lowest BCUT2D eigenvalue weighted by Crippen LogP contribution is -2.00. The fraction of sp³-hybridized carbons (Fsp3) is 0.385. The lowest BCUT2D eigenvalue weighted by Gasteiger charge is -2.12. The van der Waals surface area contributed by atoms with E-state index in [2.05, 4.69) is 26.5 Å². The first-order valence-corrected chi connectivity index (χ1v) is 5.11. The van der Waals surface area contributed by atoms with Crippen molar-refractivity contribution in [1.29, 1.82) is 0 Å². The van der Waals surface area contributed by atoms with Crippen molar-refractivity contribution >= 4 is 6.08 Å². The zero-order valence-corrected chi connectivity index (χ0v) is 9.62. The van der Waals surface area contributed by atoms with Crippen molar-refractivity contribution in [2.24, 2.45) is 5.41 Å². The normalized spacial score (nSPS) is 11.9. The van der Waals surface area contributed by atoms with E-state index in [0.717, 1.165) is 5.56 Å². The largest absolute Gasteiger partial charge is 0.465 e. The van der Waals surface area contributed by atoms with E-state index in [-0.39, 0.29) is 5.41 Å². The summed E-state index contributed by atoms with van der Waals surface area (Å²) in [6.45, 7) is 10.5. The molecule has 1 heterocycles. The van der Waals surface area contributed by atoms with Crippen LogP contribution in [0.25, 0.3) is 6.08 Å². The lowest BCUT2D eigenvalue weighted by atomic mass is 9.93. The third-order valence-electron chi connectivity index (χ3n) is 2.11. The van der Waals surface area contributed by atoms with Crippen molar-refractivity contribution in [3.8, 4) is 5.95 Å². The summed E-state index contributed by atoms with van der Waals surface area (Å²) in [7, 11) is 0. The third kappa shape index (κ3) is 3.66. The summed E-state index contributed by atoms with van der Waals surface area (Å²) in [6.07, 6.45) is 7.68. The van der Waals surface area contributed by atoms with Crippen molar-refractivity contribution in [3.63, 3.8) is 0 Å². The molecule has 0 spiro atoms. The predicted octanol–water partition coefficient (Wildman–Crippen LogP) is 3.90. The molecule has 0 atom stereocenters. The molecule has 0 fully saturated rings. The molecule has 0 aromatic carbocycles. The van der Waals surface area contributed by atoms with Crippen LogP contribution in [-0.4, -0.2) is 6.61 Å². The molecule has 15 heavy (non-hydrogen) atoms. The first kappa shape index (κ1) is 11.6. The second-order valence-electron chi connectivity index (χ2n) is 3.99. The maximum absolute atomic E-state index is 5.22. The molecule has 1 aromatic heterocycles. The molecule has 0 bridgehead atoms. The third-order valence-corrected chi connectivity index (χ3v) is 2.11. The molecule has 0 aliphatic heterocycles. The molecule has 0 amide bonds. The average molecular weight is 206 g/mol. The SMILES string of the molecule is C=CC(C)(C)/C=C/c1coc(OCC)c1. The molecule has 0 aliphatic carbocycles. The first-order chi connectivity index (χ1) is 7.07. The summed E-state index contributed by atoms with van der Waals surface area (Å²) >= 11 is 0. The molecule has 1 rings (SSSR count). The number of furan rings is 1. The van der Waals surface area contributed by atoms with Gasteiger partial charge in [-0.15, -0.1) is 6.58 Å². The van der Waals surface area contributed by atoms with Gasteiger partial charge in [0.2, 0.25) is 0 Å². The van der Waals surface area contributed by atoms with E-state index in [1.807, 2.05) is 25.1 Å². The Morgan fingerprint density at radius 3 is 2.87 bits per heavy atom. The van der Waals surface area contributed by atoms with Gasteiger partial charge in [0, 0.05) is 17.0 Å². The van der Waals surface area contributed by atoms with Crippen LogP contribution in [0.2, 0.25) is 0 Å². The molecule has 2 nitrogen and oxygen atoms in total. The standard InChI is InChI=1S/C13H18O2/c1-5-13(3,4)8-7-11-9-12(14-6-2)15-10-11/h5,7-10H,1,6H2,2-4H3/b8-7+. The Balaban J connectivity index is 2.68. The molecule has 0 N–H and O–H groups in total. The molecule has 2 heteroatoms. The van der Waals surface area contributed by atoms with Crippen LogP contribution < -0.4 is 4.74 Å². The van der Waals surface area contributed by atoms with Crippen LogP contribution in [-0.2, 0) is 0 Å². The van der Waals surface area contributed by atoms with Crippen LogP contribution in [0.4, 0.5) is 0 Å². The Morgan fingerprint density at radius 2 is 2.27 bits per heavy atom. The Bertz CT molecular complexity index is 345. The van der Waals surface area contributed by atoms with Gasteiger partial charge in [0.25, 0.3) is 5.95 Å². The Hall–Kier alpha value is -1.44. The lowest BCUT2D eigenvalue weighted by molar-refractivity contribution is 0.257. The van der Waals surface area contributed by atoms with Crippen LogP contribution in [0.3, 0.4) is 0 Å². The molecule has 0 saturated heterocycles. The van der Waals surface area contributed by atoms with Crippen molar-refractivity contribution in [1.82, 2.24) is 0 Å². The number of hydrogen-bond donors (Lipinski definition) is 0. The zero-order chi connectivity index (χ0) is 11.3. The number of ether oxygens (including phenoxy) is 1. The second-order valence-corrected chi connectivity index (χ2v) is 3.99. The van der Waals surface area contributed by atoms with Crippen LogP contribution in [0.1, 0.15) is 26.3 Å². The Kier molecular flexibility index (Phi) is 3.78. The van der Waals surface area contributed by atoms with Gasteiger partial charge in [-0.1, -0.05) is 32.1 Å². The molecule has 0 radical (unpaired) electrons. The minimum Gasteiger partial charge on any atom is -0.465 e. The molecular formula is C13H18O2. The molecular weight excluding hydrogens is 188 g/mol. The highest BCUT2D eigenvalue weighted by molar-refractivity contribution is 5.50. The molecule has 1 aromatic rings. The number of allylic oxidation sites excluding steroid dienone is 2. The average Bonchev–Trinajstić information content (AvgIpc) is 2.64. The maximum Gasteiger partial charge on any atom is 0.284 e. The highest BCUT2D eigenvalue weighted by Gasteiger charge is 2.07. The van der Waals surface area contributed by atoms with Crippen molar-refractivity contribution in [2.45, 2.75) is 20.8 Å². The van der Waals surface area contributed by atoms with E-state index >= 15 is 0 Å². The summed E-state index contributed by atoms with van der Waals surface area (Å²) < 4.78 is 10.4. The first-order valence-electron chi connectivity index (χ1n) is 5.11. The van der Waals surface area contributed by atoms with Gasteiger partial charge in [-0.25, -0.2) is 0 Å². The van der Waals surface area contributed by atoms with Gasteiger partial charge in [0.15, 0.2) is 0 Å². The van der Waals surface area contributed by atoms with E-state index in [4.69, 9.17) is 9.15 Å². The van der Waals surface area contributed by atoms with Crippen molar-refractivity contribution in [3.05, 3.63) is 36.6 Å². The van der Waals surface area contributed by atoms with Gasteiger partial charge in [-0.3, -0.25) is 0 Å². The van der Waals surface area contributed by atoms with E-state index < -0.39 is 0 Å². The van der Waals surface area contributed by atoms with Gasteiger partial charge < -0.3 is 9.15 Å². The number of hydrogen-bond acceptors (Lipinski definition) is 2. The Labute approximate surface area is 91.2 Å². The van der Waals surface area contributed by atoms with E-state index in [0.29, 0.717) is 12.6 Å². The van der Waals surface area contributed by atoms with E-state index in [1.165, 1.54) is 0 Å². The molecule has 0 saturated carbocycles. The summed E-state index contributed by atoms with van der Waals surface area (Å²) in [5, 5.41) is 0. The highest BCUT2D eigenvalue weighted by Crippen LogP contribution is 2.22. The topological polar surface area (TPSA) is 22.4 Å². The van der Waals surface area contributed by atoms with Crippen molar-refractivity contribution in [2.75, 3.05) is 6.61 Å². The monoisotopic (exact) mass is 206 g/mol. The van der Waals surface area contributed by atoms with Crippen LogP contribution in [0.15, 0.2) is 35.5 Å². The van der Waals surface area contributed by atoms with E-state index in [9.17, 15) is 0 Å². The minimum atomic E-state index is 0.00302. The summed E-state index contributed by atoms with van der Waals surface area (Å²) in [4.78, 5) is 0. The summed E-state index contributed by atoms with van der Waals surface area (Å²) in [5.74, 6) is 0.563. The fourth-order valence-corrected chi connectivity index (χ4v) is 1.01. The van der Waals surface area contributed by atoms with Gasteiger partial charge in [0.05, 0.1) is 6.61 Å². The Morgan fingerprint density at radius 1 is 1.53 bits per heavy atom. The summed E-state index contributed by atoms with van der Waals surface area (Å²) in [6, 6.07) is 1.87. The number of rotatable bonds is 5. The highest BCUT2D eigenvalue weighted by atomic mass is 16.6. The van der Waals surface area contributed by atoms with Crippen molar-refractivity contribution < 1.29 is 9.15 Å². The van der Waals surface area contributed by atoms with Crippen LogP contribution >= 0.6 is 0 Å². The van der Waals surface area contributed by atoms with E-state index in [1.54, 1.807) is 6.26 Å². The fourth-order valence-electron chi connectivity index (χ4n) is 1.01. The second kappa shape index (κ2) is 4.87. The molecule has 0 aliphatic rings. The zero-order valence-electron chi connectivity index (χ0n) is 9.62. The summed E-state index contributed by atoms with van der Waals surface area (Å²) in [5.41, 5.74) is 1.01. The van der Waals surface area contributed by atoms with Gasteiger partial charge >= 0.3 is 0 Å². The molecule has 0 unspecified atom stereocenters. The van der Waals surface area contributed by atoms with Gasteiger partial charge in [0.1, 0.15) is 6.26 Å². The van der Waals surface area contributed by atoms with Gasteiger partial charge in [-0.05, 0) is 6.92 Å². The predicted molar refractivity (Wildman–Crippen MR) is 62.9 cm³/mol. The van der Waals surface area contributed by atoms with Crippen LogP contribution in [0, 0.1) is 5.41 Å². The quantitative estimate of drug-likeness (QED) is 0.682. The maximum atomic E-state index is 5.22. The smallest absolute Gasteiger partial charge is 0.284 e. The molecule has 82 valence electrons. The minimum absolute atomic E-state index is 0.00302. The van der Waals surface area contributed by atoms with Gasteiger partial charge in [-0.2, -0.15) is 0 Å². The van der Waals surface area contributed by atoms with Crippen LogP contribution in [0.5, 0.6) is 5.95 Å².